The van der Waals surface area contributed by atoms with E-state index < -0.39 is 0 Å². The van der Waals surface area contributed by atoms with Gasteiger partial charge in [-0.25, -0.2) is 0 Å². The SMILES string of the molecule is Cc1ccc(C(N)CN2CCC3CCCCC3C2)cc1C. The lowest BCUT2D eigenvalue weighted by Gasteiger charge is -2.42. The summed E-state index contributed by atoms with van der Waals surface area (Å²) in [7, 11) is 0. The first-order chi connectivity index (χ1) is 10.1. The van der Waals surface area contributed by atoms with Gasteiger partial charge in [0, 0.05) is 19.1 Å². The fraction of sp³-hybridized carbons (Fsp3) is 0.684. The number of aryl methyl sites for hydroxylation is 2. The van der Waals surface area contributed by atoms with E-state index in [4.69, 9.17) is 5.73 Å². The van der Waals surface area contributed by atoms with Gasteiger partial charge in [0.1, 0.15) is 0 Å². The summed E-state index contributed by atoms with van der Waals surface area (Å²) in [6.07, 6.45) is 7.22. The minimum absolute atomic E-state index is 0.157. The first kappa shape index (κ1) is 15.1. The molecule has 1 aliphatic carbocycles. The Bertz CT molecular complexity index is 482. The van der Waals surface area contributed by atoms with Crippen molar-refractivity contribution in [2.24, 2.45) is 17.6 Å². The fourth-order valence-corrected chi connectivity index (χ4v) is 4.22. The summed E-state index contributed by atoms with van der Waals surface area (Å²) in [5.41, 5.74) is 10.5. The Labute approximate surface area is 129 Å². The summed E-state index contributed by atoms with van der Waals surface area (Å²) < 4.78 is 0. The summed E-state index contributed by atoms with van der Waals surface area (Å²) in [6.45, 7) is 7.90. The number of likely N-dealkylation sites (tertiary alicyclic amines) is 1. The van der Waals surface area contributed by atoms with Crippen LogP contribution in [0.1, 0.15) is 54.8 Å². The number of hydrogen-bond acceptors (Lipinski definition) is 2. The van der Waals surface area contributed by atoms with Gasteiger partial charge in [0.25, 0.3) is 0 Å². The Morgan fingerprint density at radius 1 is 1.10 bits per heavy atom. The van der Waals surface area contributed by atoms with E-state index >= 15 is 0 Å². The Hall–Kier alpha value is -0.860. The van der Waals surface area contributed by atoms with Crippen LogP contribution in [-0.4, -0.2) is 24.5 Å². The summed E-state index contributed by atoms with van der Waals surface area (Å²) >= 11 is 0. The first-order valence-corrected chi connectivity index (χ1v) is 8.68. The highest BCUT2D eigenvalue weighted by Crippen LogP contribution is 2.36. The normalized spacial score (nSPS) is 28.1. The van der Waals surface area contributed by atoms with Gasteiger partial charge in [0.15, 0.2) is 0 Å². The lowest BCUT2D eigenvalue weighted by atomic mass is 9.75. The van der Waals surface area contributed by atoms with Gasteiger partial charge in [-0.3, -0.25) is 0 Å². The highest BCUT2D eigenvalue weighted by atomic mass is 15.1. The van der Waals surface area contributed by atoms with Gasteiger partial charge in [-0.1, -0.05) is 37.5 Å². The molecule has 1 heterocycles. The maximum atomic E-state index is 6.47. The smallest absolute Gasteiger partial charge is 0.0424 e. The zero-order valence-electron chi connectivity index (χ0n) is 13.6. The molecule has 116 valence electrons. The molecule has 2 fully saturated rings. The molecule has 2 aliphatic rings. The number of piperidine rings is 1. The summed E-state index contributed by atoms with van der Waals surface area (Å²) in [4.78, 5) is 2.62. The molecule has 3 atom stereocenters. The highest BCUT2D eigenvalue weighted by molar-refractivity contribution is 5.31. The Morgan fingerprint density at radius 2 is 1.86 bits per heavy atom. The van der Waals surface area contributed by atoms with E-state index in [1.165, 1.54) is 61.9 Å². The molecule has 1 saturated heterocycles. The van der Waals surface area contributed by atoms with Crippen molar-refractivity contribution >= 4 is 0 Å². The van der Waals surface area contributed by atoms with Crippen molar-refractivity contribution in [1.82, 2.24) is 4.90 Å². The average Bonchev–Trinajstić information content (AvgIpc) is 2.50. The molecule has 3 unspecified atom stereocenters. The molecule has 0 spiro atoms. The van der Waals surface area contributed by atoms with E-state index in [1.54, 1.807) is 0 Å². The summed E-state index contributed by atoms with van der Waals surface area (Å²) in [5.74, 6) is 1.95. The second kappa shape index (κ2) is 6.50. The molecule has 21 heavy (non-hydrogen) atoms. The van der Waals surface area contributed by atoms with Gasteiger partial charge in [-0.2, -0.15) is 0 Å². The molecule has 1 aromatic rings. The quantitative estimate of drug-likeness (QED) is 0.915. The third kappa shape index (κ3) is 3.49. The molecule has 1 saturated carbocycles. The van der Waals surface area contributed by atoms with Crippen LogP contribution in [0.3, 0.4) is 0 Å². The number of rotatable bonds is 3. The van der Waals surface area contributed by atoms with Crippen LogP contribution in [-0.2, 0) is 0 Å². The molecule has 2 heteroatoms. The fourth-order valence-electron chi connectivity index (χ4n) is 4.22. The van der Waals surface area contributed by atoms with Crippen LogP contribution < -0.4 is 5.73 Å². The summed E-state index contributed by atoms with van der Waals surface area (Å²) in [6, 6.07) is 6.84. The van der Waals surface area contributed by atoms with Gasteiger partial charge in [-0.15, -0.1) is 0 Å². The van der Waals surface area contributed by atoms with Crippen molar-refractivity contribution in [1.29, 1.82) is 0 Å². The second-order valence-corrected chi connectivity index (χ2v) is 7.30. The average molecular weight is 286 g/mol. The molecule has 2 N–H and O–H groups in total. The van der Waals surface area contributed by atoms with Crippen LogP contribution >= 0.6 is 0 Å². The lowest BCUT2D eigenvalue weighted by molar-refractivity contribution is 0.0828. The third-order valence-electron chi connectivity index (χ3n) is 5.79. The van der Waals surface area contributed by atoms with Crippen LogP contribution in [0.4, 0.5) is 0 Å². The first-order valence-electron chi connectivity index (χ1n) is 8.68. The molecule has 1 aliphatic heterocycles. The van der Waals surface area contributed by atoms with Crippen molar-refractivity contribution in [2.75, 3.05) is 19.6 Å². The standard InChI is InChI=1S/C19H30N2/c1-14-7-8-17(11-15(14)2)19(20)13-21-10-9-16-5-3-4-6-18(16)12-21/h7-8,11,16,18-19H,3-6,9-10,12-13,20H2,1-2H3. The molecule has 0 radical (unpaired) electrons. The lowest BCUT2D eigenvalue weighted by Crippen LogP contribution is -2.44. The third-order valence-corrected chi connectivity index (χ3v) is 5.79. The van der Waals surface area contributed by atoms with Crippen molar-refractivity contribution in [3.05, 3.63) is 34.9 Å². The van der Waals surface area contributed by atoms with E-state index in [-0.39, 0.29) is 6.04 Å². The van der Waals surface area contributed by atoms with Crippen molar-refractivity contribution < 1.29 is 0 Å². The molecule has 0 amide bonds. The molecule has 1 aromatic carbocycles. The van der Waals surface area contributed by atoms with Crippen LogP contribution in [0.25, 0.3) is 0 Å². The Morgan fingerprint density at radius 3 is 2.62 bits per heavy atom. The van der Waals surface area contributed by atoms with Gasteiger partial charge < -0.3 is 10.6 Å². The van der Waals surface area contributed by atoms with Crippen LogP contribution in [0.5, 0.6) is 0 Å². The van der Waals surface area contributed by atoms with Crippen molar-refractivity contribution in [2.45, 2.75) is 52.0 Å². The summed E-state index contributed by atoms with van der Waals surface area (Å²) in [5, 5.41) is 0. The molecule has 0 bridgehead atoms. The number of benzene rings is 1. The zero-order chi connectivity index (χ0) is 14.8. The molecular weight excluding hydrogens is 256 g/mol. The monoisotopic (exact) mass is 286 g/mol. The molecular formula is C19H30N2. The predicted octanol–water partition coefficient (Wildman–Crippen LogP) is 3.82. The predicted molar refractivity (Wildman–Crippen MR) is 89.3 cm³/mol. The van der Waals surface area contributed by atoms with E-state index in [1.807, 2.05) is 0 Å². The minimum atomic E-state index is 0.157. The van der Waals surface area contributed by atoms with E-state index in [2.05, 4.69) is 36.9 Å². The van der Waals surface area contributed by atoms with Crippen molar-refractivity contribution in [3.63, 3.8) is 0 Å². The van der Waals surface area contributed by atoms with Crippen LogP contribution in [0, 0.1) is 25.7 Å². The van der Waals surface area contributed by atoms with Gasteiger partial charge in [0.2, 0.25) is 0 Å². The van der Waals surface area contributed by atoms with Gasteiger partial charge >= 0.3 is 0 Å². The molecule has 3 rings (SSSR count). The van der Waals surface area contributed by atoms with E-state index in [0.29, 0.717) is 0 Å². The maximum absolute atomic E-state index is 6.47. The van der Waals surface area contributed by atoms with Crippen LogP contribution in [0.15, 0.2) is 18.2 Å². The van der Waals surface area contributed by atoms with Crippen LogP contribution in [0.2, 0.25) is 0 Å². The number of hydrogen-bond donors (Lipinski definition) is 1. The Balaban J connectivity index is 1.59. The largest absolute Gasteiger partial charge is 0.323 e. The van der Waals surface area contributed by atoms with Gasteiger partial charge in [-0.05, 0) is 61.8 Å². The topological polar surface area (TPSA) is 29.3 Å². The maximum Gasteiger partial charge on any atom is 0.0424 e. The van der Waals surface area contributed by atoms with Crippen molar-refractivity contribution in [3.8, 4) is 0 Å². The molecule has 0 aromatic heterocycles. The minimum Gasteiger partial charge on any atom is -0.323 e. The number of nitrogens with two attached hydrogens (primary N) is 1. The van der Waals surface area contributed by atoms with E-state index in [9.17, 15) is 0 Å². The zero-order valence-corrected chi connectivity index (χ0v) is 13.6. The molecule has 2 nitrogen and oxygen atoms in total. The highest BCUT2D eigenvalue weighted by Gasteiger charge is 2.31. The van der Waals surface area contributed by atoms with Gasteiger partial charge in [0.05, 0.1) is 0 Å². The number of nitrogens with zero attached hydrogens (tertiary/aromatic N) is 1. The number of fused-ring (bicyclic) bond motifs is 1. The Kier molecular flexibility index (Phi) is 4.66. The van der Waals surface area contributed by atoms with E-state index in [0.717, 1.165) is 18.4 Å². The second-order valence-electron chi connectivity index (χ2n) is 7.30.